The predicted molar refractivity (Wildman–Crippen MR) is 73.6 cm³/mol. The highest BCUT2D eigenvalue weighted by molar-refractivity contribution is 5.87. The Balaban J connectivity index is 2.05. The van der Waals surface area contributed by atoms with Gasteiger partial charge in [0.25, 0.3) is 0 Å². The number of imidazole rings is 1. The molecule has 0 saturated carbocycles. The second-order valence-electron chi connectivity index (χ2n) is 5.00. The van der Waals surface area contributed by atoms with Gasteiger partial charge < -0.3 is 24.3 Å². The van der Waals surface area contributed by atoms with E-state index < -0.39 is 5.97 Å². The first-order chi connectivity index (χ1) is 10.1. The molecule has 2 aromatic rings. The molecule has 1 fully saturated rings. The Morgan fingerprint density at radius 3 is 3.05 bits per heavy atom. The van der Waals surface area contributed by atoms with Gasteiger partial charge in [0.1, 0.15) is 0 Å². The number of carbonyl (C=O) groups is 1. The SMILES string of the molecule is CO[C@@H]1C[C@@H](CO)N(c2nccn3cc(C(=O)O)nc23)C1. The molecular formula is C13H16N4O4. The van der Waals surface area contributed by atoms with Gasteiger partial charge in [-0.1, -0.05) is 0 Å². The number of carboxylic acids is 1. The van der Waals surface area contributed by atoms with Crippen LogP contribution >= 0.6 is 0 Å². The number of nitrogens with zero attached hydrogens (tertiary/aromatic N) is 4. The Kier molecular flexibility index (Phi) is 3.48. The summed E-state index contributed by atoms with van der Waals surface area (Å²) >= 11 is 0. The highest BCUT2D eigenvalue weighted by atomic mass is 16.5. The summed E-state index contributed by atoms with van der Waals surface area (Å²) in [6, 6.07) is -0.112. The van der Waals surface area contributed by atoms with Gasteiger partial charge in [-0.3, -0.25) is 0 Å². The normalized spacial score (nSPS) is 22.1. The van der Waals surface area contributed by atoms with Crippen LogP contribution in [0, 0.1) is 0 Å². The number of hydrogen-bond acceptors (Lipinski definition) is 6. The van der Waals surface area contributed by atoms with Crippen LogP contribution in [0.3, 0.4) is 0 Å². The fourth-order valence-corrected chi connectivity index (χ4v) is 2.69. The molecule has 1 aliphatic heterocycles. The number of anilines is 1. The molecule has 112 valence electrons. The van der Waals surface area contributed by atoms with Gasteiger partial charge in [-0.2, -0.15) is 0 Å². The van der Waals surface area contributed by atoms with E-state index in [0.717, 1.165) is 0 Å². The standard InChI is InChI=1S/C13H16N4O4/c1-21-9-4-8(7-18)17(5-9)11-12-15-10(13(19)20)6-16(12)3-2-14-11/h2-3,6,8-9,18H,4-5,7H2,1H3,(H,19,20)/t8-,9+/m0/s1. The number of fused-ring (bicyclic) bond motifs is 1. The lowest BCUT2D eigenvalue weighted by atomic mass is 10.2. The number of methoxy groups -OCH3 is 1. The third-order valence-electron chi connectivity index (χ3n) is 3.77. The average Bonchev–Trinajstić information content (AvgIpc) is 3.10. The van der Waals surface area contributed by atoms with E-state index in [2.05, 4.69) is 9.97 Å². The molecule has 0 spiro atoms. The molecular weight excluding hydrogens is 276 g/mol. The first-order valence-electron chi connectivity index (χ1n) is 6.61. The molecule has 2 aromatic heterocycles. The number of rotatable bonds is 4. The number of carboxylic acid groups (broad SMARTS) is 1. The minimum atomic E-state index is -1.08. The van der Waals surface area contributed by atoms with Crippen LogP contribution in [0.1, 0.15) is 16.9 Å². The summed E-state index contributed by atoms with van der Waals surface area (Å²) in [5.41, 5.74) is 0.428. The largest absolute Gasteiger partial charge is 0.476 e. The lowest BCUT2D eigenvalue weighted by Crippen LogP contribution is -2.33. The van der Waals surface area contributed by atoms with Crippen molar-refractivity contribution in [3.63, 3.8) is 0 Å². The van der Waals surface area contributed by atoms with Crippen molar-refractivity contribution in [1.82, 2.24) is 14.4 Å². The molecule has 0 amide bonds. The molecule has 0 bridgehead atoms. The molecule has 3 heterocycles. The molecule has 0 radical (unpaired) electrons. The van der Waals surface area contributed by atoms with Gasteiger partial charge in [0.05, 0.1) is 18.8 Å². The highest BCUT2D eigenvalue weighted by Crippen LogP contribution is 2.28. The third-order valence-corrected chi connectivity index (χ3v) is 3.77. The molecule has 8 heteroatoms. The van der Waals surface area contributed by atoms with Gasteiger partial charge in [-0.05, 0) is 6.42 Å². The van der Waals surface area contributed by atoms with Crippen molar-refractivity contribution in [3.8, 4) is 0 Å². The second-order valence-corrected chi connectivity index (χ2v) is 5.00. The van der Waals surface area contributed by atoms with Gasteiger partial charge >= 0.3 is 5.97 Å². The van der Waals surface area contributed by atoms with E-state index in [4.69, 9.17) is 9.84 Å². The van der Waals surface area contributed by atoms with E-state index in [1.165, 1.54) is 6.20 Å². The van der Waals surface area contributed by atoms with Crippen LogP contribution in [0.4, 0.5) is 5.82 Å². The first kappa shape index (κ1) is 13.8. The Bertz CT molecular complexity index is 671. The smallest absolute Gasteiger partial charge is 0.356 e. The van der Waals surface area contributed by atoms with E-state index in [0.29, 0.717) is 24.4 Å². The first-order valence-corrected chi connectivity index (χ1v) is 6.61. The van der Waals surface area contributed by atoms with Gasteiger partial charge in [-0.25, -0.2) is 14.8 Å². The monoisotopic (exact) mass is 292 g/mol. The minimum absolute atomic E-state index is 0.0121. The summed E-state index contributed by atoms with van der Waals surface area (Å²) in [7, 11) is 1.63. The van der Waals surface area contributed by atoms with E-state index in [-0.39, 0.29) is 24.4 Å². The predicted octanol–water partition coefficient (Wildman–Crippen LogP) is 0.0135. The zero-order valence-corrected chi connectivity index (χ0v) is 11.5. The number of ether oxygens (including phenoxy) is 1. The zero-order valence-electron chi connectivity index (χ0n) is 11.5. The molecule has 8 nitrogen and oxygen atoms in total. The lowest BCUT2D eigenvalue weighted by Gasteiger charge is -2.23. The van der Waals surface area contributed by atoms with Crippen LogP contribution in [-0.4, -0.2) is 63.0 Å². The highest BCUT2D eigenvalue weighted by Gasteiger charge is 2.34. The summed E-state index contributed by atoms with van der Waals surface area (Å²) < 4.78 is 6.97. The Morgan fingerprint density at radius 1 is 1.57 bits per heavy atom. The maximum absolute atomic E-state index is 11.1. The summed E-state index contributed by atoms with van der Waals surface area (Å²) in [4.78, 5) is 21.4. The molecule has 3 rings (SSSR count). The fraction of sp³-hybridized carbons (Fsp3) is 0.462. The Morgan fingerprint density at radius 2 is 2.38 bits per heavy atom. The van der Waals surface area contributed by atoms with Crippen LogP contribution in [0.15, 0.2) is 18.6 Å². The molecule has 1 saturated heterocycles. The fourth-order valence-electron chi connectivity index (χ4n) is 2.69. The summed E-state index contributed by atoms with van der Waals surface area (Å²) in [6.45, 7) is 0.568. The Hall–Kier alpha value is -2.19. The van der Waals surface area contributed by atoms with E-state index in [1.807, 2.05) is 4.90 Å². The van der Waals surface area contributed by atoms with E-state index in [1.54, 1.807) is 23.9 Å². The van der Waals surface area contributed by atoms with E-state index in [9.17, 15) is 9.90 Å². The van der Waals surface area contributed by atoms with Gasteiger partial charge in [-0.15, -0.1) is 0 Å². The van der Waals surface area contributed by atoms with Crippen molar-refractivity contribution in [3.05, 3.63) is 24.3 Å². The molecule has 1 aliphatic rings. The van der Waals surface area contributed by atoms with Crippen LogP contribution < -0.4 is 4.90 Å². The van der Waals surface area contributed by atoms with Crippen molar-refractivity contribution >= 4 is 17.4 Å². The Labute approximate surface area is 120 Å². The van der Waals surface area contributed by atoms with Crippen molar-refractivity contribution in [2.45, 2.75) is 18.6 Å². The molecule has 0 aliphatic carbocycles. The number of aromatic carboxylic acids is 1. The van der Waals surface area contributed by atoms with Crippen LogP contribution in [0.5, 0.6) is 0 Å². The minimum Gasteiger partial charge on any atom is -0.476 e. The molecule has 0 unspecified atom stereocenters. The zero-order chi connectivity index (χ0) is 15.0. The second kappa shape index (κ2) is 5.30. The van der Waals surface area contributed by atoms with Crippen molar-refractivity contribution in [2.75, 3.05) is 25.2 Å². The summed E-state index contributed by atoms with van der Waals surface area (Å²) in [6.07, 6.45) is 5.39. The number of hydrogen-bond donors (Lipinski definition) is 2. The maximum atomic E-state index is 11.1. The summed E-state index contributed by atoms with van der Waals surface area (Å²) in [5, 5.41) is 18.6. The lowest BCUT2D eigenvalue weighted by molar-refractivity contribution is 0.0691. The van der Waals surface area contributed by atoms with Crippen molar-refractivity contribution < 1.29 is 19.7 Å². The molecule has 2 N–H and O–H groups in total. The van der Waals surface area contributed by atoms with Gasteiger partial charge in [0.15, 0.2) is 17.2 Å². The average molecular weight is 292 g/mol. The number of aromatic nitrogens is 3. The van der Waals surface area contributed by atoms with E-state index >= 15 is 0 Å². The topological polar surface area (TPSA) is 100 Å². The van der Waals surface area contributed by atoms with Crippen molar-refractivity contribution in [2.24, 2.45) is 0 Å². The van der Waals surface area contributed by atoms with Gasteiger partial charge in [0.2, 0.25) is 0 Å². The molecule has 0 aromatic carbocycles. The quantitative estimate of drug-likeness (QED) is 0.819. The number of aliphatic hydroxyl groups excluding tert-OH is 1. The molecule has 21 heavy (non-hydrogen) atoms. The van der Waals surface area contributed by atoms with Crippen LogP contribution in [0.25, 0.3) is 5.65 Å². The van der Waals surface area contributed by atoms with Crippen LogP contribution in [-0.2, 0) is 4.74 Å². The maximum Gasteiger partial charge on any atom is 0.356 e. The molecule has 2 atom stereocenters. The number of aliphatic hydroxyl groups is 1. The van der Waals surface area contributed by atoms with Gasteiger partial charge in [0, 0.05) is 32.2 Å². The summed E-state index contributed by atoms with van der Waals surface area (Å²) in [5.74, 6) is -0.525. The third kappa shape index (κ3) is 2.32. The van der Waals surface area contributed by atoms with Crippen LogP contribution in [0.2, 0.25) is 0 Å². The van der Waals surface area contributed by atoms with Crippen molar-refractivity contribution in [1.29, 1.82) is 0 Å².